The molecule has 0 aliphatic rings. The molecule has 1 aromatic heterocycles. The number of likely N-dealkylation sites (N-methyl/N-ethyl adjacent to an activating group) is 1. The molecule has 6 heteroatoms. The van der Waals surface area contributed by atoms with Crippen molar-refractivity contribution in [2.24, 2.45) is 0 Å². The fourth-order valence-corrected chi connectivity index (χ4v) is 2.63. The normalized spacial score (nSPS) is 10.4. The zero-order valence-corrected chi connectivity index (χ0v) is 13.1. The number of hydrogen-bond acceptors (Lipinski definition) is 5. The Hall–Kier alpha value is -2.23. The largest absolute Gasteiger partial charge is 0.468 e. The predicted molar refractivity (Wildman–Crippen MR) is 86.5 cm³/mol. The van der Waals surface area contributed by atoms with Crippen molar-refractivity contribution in [1.82, 2.24) is 4.90 Å². The maximum atomic E-state index is 12.1. The van der Waals surface area contributed by atoms with E-state index in [4.69, 9.17) is 9.68 Å². The van der Waals surface area contributed by atoms with Gasteiger partial charge in [-0.25, -0.2) is 0 Å². The highest BCUT2D eigenvalue weighted by atomic mass is 32.2. The van der Waals surface area contributed by atoms with Gasteiger partial charge in [-0.1, -0.05) is 12.1 Å². The number of nitriles is 1. The Balaban J connectivity index is 1.90. The Kier molecular flexibility index (Phi) is 6.07. The molecule has 2 aromatic rings. The van der Waals surface area contributed by atoms with E-state index in [-0.39, 0.29) is 12.5 Å². The summed E-state index contributed by atoms with van der Waals surface area (Å²) < 4.78 is 5.26. The molecule has 0 bridgehead atoms. The fraction of sp³-hybridized carbons (Fsp3) is 0.250. The number of anilines is 1. The molecule has 0 radical (unpaired) electrons. The second-order valence-corrected chi connectivity index (χ2v) is 5.76. The second kappa shape index (κ2) is 8.27. The number of hydrogen-bond donors (Lipinski definition) is 1. The van der Waals surface area contributed by atoms with Crippen LogP contribution in [0.1, 0.15) is 5.76 Å². The fourth-order valence-electron chi connectivity index (χ4n) is 1.97. The minimum absolute atomic E-state index is 0.0981. The van der Waals surface area contributed by atoms with Gasteiger partial charge in [0.15, 0.2) is 0 Å². The van der Waals surface area contributed by atoms with Gasteiger partial charge in [0.1, 0.15) is 5.76 Å². The highest BCUT2D eigenvalue weighted by Crippen LogP contribution is 2.26. The van der Waals surface area contributed by atoms with Gasteiger partial charge < -0.3 is 9.73 Å². The lowest BCUT2D eigenvalue weighted by molar-refractivity contribution is -0.117. The van der Waals surface area contributed by atoms with Gasteiger partial charge in [-0.3, -0.25) is 9.69 Å². The molecular weight excluding hydrogens is 298 g/mol. The van der Waals surface area contributed by atoms with Gasteiger partial charge in [-0.05, 0) is 31.3 Å². The van der Waals surface area contributed by atoms with Crippen LogP contribution in [0.5, 0.6) is 0 Å². The average Bonchev–Trinajstić information content (AvgIpc) is 2.99. The summed E-state index contributed by atoms with van der Waals surface area (Å²) in [7, 11) is 1.86. The number of carbonyl (C=O) groups is 1. The molecule has 0 aliphatic heterocycles. The van der Waals surface area contributed by atoms with Crippen molar-refractivity contribution in [3.05, 3.63) is 48.4 Å². The van der Waals surface area contributed by atoms with Crippen LogP contribution in [-0.4, -0.2) is 30.2 Å². The quantitative estimate of drug-likeness (QED) is 0.796. The van der Waals surface area contributed by atoms with E-state index in [0.717, 1.165) is 16.3 Å². The highest BCUT2D eigenvalue weighted by molar-refractivity contribution is 7.99. The van der Waals surface area contributed by atoms with Gasteiger partial charge in [0.05, 0.1) is 36.9 Å². The topological polar surface area (TPSA) is 69.3 Å². The molecule has 1 amide bonds. The first-order valence-corrected chi connectivity index (χ1v) is 7.77. The van der Waals surface area contributed by atoms with E-state index in [9.17, 15) is 4.79 Å². The third kappa shape index (κ3) is 4.95. The van der Waals surface area contributed by atoms with Gasteiger partial charge in [0.2, 0.25) is 5.91 Å². The summed E-state index contributed by atoms with van der Waals surface area (Å²) in [6.07, 6.45) is 1.62. The lowest BCUT2D eigenvalue weighted by Crippen LogP contribution is -2.29. The van der Waals surface area contributed by atoms with E-state index in [1.807, 2.05) is 48.3 Å². The predicted octanol–water partition coefficient (Wildman–Crippen LogP) is 2.97. The van der Waals surface area contributed by atoms with E-state index in [2.05, 4.69) is 11.4 Å². The summed E-state index contributed by atoms with van der Waals surface area (Å²) in [6, 6.07) is 13.3. The van der Waals surface area contributed by atoms with Crippen molar-refractivity contribution in [1.29, 1.82) is 5.26 Å². The first-order chi connectivity index (χ1) is 10.7. The first-order valence-electron chi connectivity index (χ1n) is 6.78. The molecule has 0 aliphatic carbocycles. The number of thioether (sulfide) groups is 1. The molecule has 0 saturated carbocycles. The first kappa shape index (κ1) is 16.1. The van der Waals surface area contributed by atoms with Gasteiger partial charge in [0.25, 0.3) is 0 Å². The van der Waals surface area contributed by atoms with Gasteiger partial charge in [-0.15, -0.1) is 11.8 Å². The van der Waals surface area contributed by atoms with Crippen LogP contribution in [0.3, 0.4) is 0 Å². The number of furan rings is 1. The Bertz CT molecular complexity index is 650. The smallest absolute Gasteiger partial charge is 0.238 e. The second-order valence-electron chi connectivity index (χ2n) is 4.74. The number of carbonyl (C=O) groups excluding carboxylic acids is 1. The number of rotatable bonds is 7. The van der Waals surface area contributed by atoms with Crippen LogP contribution in [0.15, 0.2) is 52.0 Å². The Labute approximate surface area is 133 Å². The minimum Gasteiger partial charge on any atom is -0.468 e. The lowest BCUT2D eigenvalue weighted by Gasteiger charge is -2.15. The maximum absolute atomic E-state index is 12.1. The summed E-state index contributed by atoms with van der Waals surface area (Å²) in [5, 5.41) is 11.6. The van der Waals surface area contributed by atoms with Crippen molar-refractivity contribution in [2.75, 3.05) is 24.7 Å². The Morgan fingerprint density at radius 2 is 2.18 bits per heavy atom. The molecule has 0 atom stereocenters. The molecule has 22 heavy (non-hydrogen) atoms. The molecule has 1 N–H and O–H groups in total. The van der Waals surface area contributed by atoms with Crippen LogP contribution in [-0.2, 0) is 11.3 Å². The van der Waals surface area contributed by atoms with E-state index in [1.54, 1.807) is 6.26 Å². The van der Waals surface area contributed by atoms with Gasteiger partial charge in [-0.2, -0.15) is 5.26 Å². The van der Waals surface area contributed by atoms with E-state index < -0.39 is 0 Å². The van der Waals surface area contributed by atoms with Crippen LogP contribution in [0, 0.1) is 11.3 Å². The van der Waals surface area contributed by atoms with Crippen molar-refractivity contribution < 1.29 is 9.21 Å². The molecule has 5 nitrogen and oxygen atoms in total. The SMILES string of the molecule is CN(CC(=O)Nc1ccccc1SCC#N)Cc1ccco1. The van der Waals surface area contributed by atoms with Crippen LogP contribution in [0.2, 0.25) is 0 Å². The zero-order chi connectivity index (χ0) is 15.8. The highest BCUT2D eigenvalue weighted by Gasteiger charge is 2.10. The number of nitrogens with zero attached hydrogens (tertiary/aromatic N) is 2. The molecule has 0 unspecified atom stereocenters. The van der Waals surface area contributed by atoms with Crippen molar-refractivity contribution in [2.45, 2.75) is 11.4 Å². The third-order valence-corrected chi connectivity index (χ3v) is 3.81. The monoisotopic (exact) mass is 315 g/mol. The number of para-hydroxylation sites is 1. The number of benzene rings is 1. The summed E-state index contributed by atoms with van der Waals surface area (Å²) in [5.74, 6) is 1.07. The molecular formula is C16H17N3O2S. The maximum Gasteiger partial charge on any atom is 0.238 e. The zero-order valence-electron chi connectivity index (χ0n) is 12.3. The molecule has 1 aromatic carbocycles. The van der Waals surface area contributed by atoms with Gasteiger partial charge >= 0.3 is 0 Å². The molecule has 2 rings (SSSR count). The summed E-state index contributed by atoms with van der Waals surface area (Å²) in [4.78, 5) is 14.9. The standard InChI is InChI=1S/C16H17N3O2S/c1-19(11-13-5-4-9-21-13)12-16(20)18-14-6-2-3-7-15(14)22-10-8-17/h2-7,9H,10-12H2,1H3,(H,18,20). The van der Waals surface area contributed by atoms with E-state index in [0.29, 0.717) is 12.3 Å². The third-order valence-electron chi connectivity index (χ3n) is 2.87. The van der Waals surface area contributed by atoms with Crippen molar-refractivity contribution >= 4 is 23.4 Å². The summed E-state index contributed by atoms with van der Waals surface area (Å²) >= 11 is 1.41. The Morgan fingerprint density at radius 1 is 1.36 bits per heavy atom. The van der Waals surface area contributed by atoms with Crippen LogP contribution >= 0.6 is 11.8 Å². The molecule has 1 heterocycles. The van der Waals surface area contributed by atoms with Crippen LogP contribution < -0.4 is 5.32 Å². The van der Waals surface area contributed by atoms with Gasteiger partial charge in [0, 0.05) is 4.90 Å². The summed E-state index contributed by atoms with van der Waals surface area (Å²) in [6.45, 7) is 0.837. The lowest BCUT2D eigenvalue weighted by atomic mass is 10.3. The molecule has 114 valence electrons. The average molecular weight is 315 g/mol. The molecule has 0 fully saturated rings. The van der Waals surface area contributed by atoms with Crippen LogP contribution in [0.4, 0.5) is 5.69 Å². The summed E-state index contributed by atoms with van der Waals surface area (Å²) in [5.41, 5.74) is 0.735. The molecule has 0 saturated heterocycles. The van der Waals surface area contributed by atoms with Crippen molar-refractivity contribution in [3.63, 3.8) is 0 Å². The van der Waals surface area contributed by atoms with E-state index in [1.165, 1.54) is 11.8 Å². The molecule has 0 spiro atoms. The number of nitrogens with one attached hydrogen (secondary N) is 1. The number of amides is 1. The minimum atomic E-state index is -0.0981. The van der Waals surface area contributed by atoms with E-state index >= 15 is 0 Å². The van der Waals surface area contributed by atoms with Crippen molar-refractivity contribution in [3.8, 4) is 6.07 Å². The van der Waals surface area contributed by atoms with Crippen LogP contribution in [0.25, 0.3) is 0 Å². The Morgan fingerprint density at radius 3 is 2.91 bits per heavy atom.